The highest BCUT2D eigenvalue weighted by molar-refractivity contribution is 6.27. The molecule has 0 radical (unpaired) electrons. The average molecular weight is 220 g/mol. The first-order chi connectivity index (χ1) is 6.69. The Labute approximate surface area is 88.2 Å². The van der Waals surface area contributed by atoms with Crippen molar-refractivity contribution in [2.45, 2.75) is 13.3 Å². The quantitative estimate of drug-likeness (QED) is 0.517. The van der Waals surface area contributed by atoms with Gasteiger partial charge in [0.1, 0.15) is 5.88 Å². The number of likely N-dealkylation sites (tertiary alicyclic amines) is 1. The van der Waals surface area contributed by atoms with Crippen LogP contribution in [0.25, 0.3) is 0 Å². The molecule has 1 amide bonds. The minimum absolute atomic E-state index is 0.0183. The topological polar surface area (TPSA) is 46.6 Å². The summed E-state index contributed by atoms with van der Waals surface area (Å²) in [5, 5.41) is 0. The zero-order valence-electron chi connectivity index (χ0n) is 8.16. The molecule has 1 saturated heterocycles. The first-order valence-corrected chi connectivity index (χ1v) is 5.22. The number of ether oxygens (including phenoxy) is 1. The van der Waals surface area contributed by atoms with Gasteiger partial charge in [0.2, 0.25) is 5.91 Å². The lowest BCUT2D eigenvalue weighted by Crippen LogP contribution is -2.31. The van der Waals surface area contributed by atoms with Crippen molar-refractivity contribution in [2.75, 3.05) is 25.6 Å². The lowest BCUT2D eigenvalue weighted by molar-refractivity contribution is -0.147. The van der Waals surface area contributed by atoms with Crippen molar-refractivity contribution in [1.82, 2.24) is 4.90 Å². The van der Waals surface area contributed by atoms with E-state index in [1.807, 2.05) is 0 Å². The largest absolute Gasteiger partial charge is 0.466 e. The van der Waals surface area contributed by atoms with Crippen LogP contribution in [-0.2, 0) is 14.3 Å². The van der Waals surface area contributed by atoms with Crippen molar-refractivity contribution >= 4 is 23.5 Å². The highest BCUT2D eigenvalue weighted by atomic mass is 35.5. The third kappa shape index (κ3) is 2.61. The standard InChI is InChI=1S/C9H14ClNO3/c1-2-14-9(13)7-3-4-11(6-7)8(12)5-10/h7H,2-6H2,1H3. The summed E-state index contributed by atoms with van der Waals surface area (Å²) in [7, 11) is 0. The molecule has 5 heteroatoms. The predicted molar refractivity (Wildman–Crippen MR) is 52.0 cm³/mol. The maximum absolute atomic E-state index is 11.3. The van der Waals surface area contributed by atoms with Crippen LogP contribution < -0.4 is 0 Å². The molecule has 1 rings (SSSR count). The smallest absolute Gasteiger partial charge is 0.310 e. The van der Waals surface area contributed by atoms with Crippen molar-refractivity contribution in [3.05, 3.63) is 0 Å². The van der Waals surface area contributed by atoms with Crippen molar-refractivity contribution in [2.24, 2.45) is 5.92 Å². The maximum Gasteiger partial charge on any atom is 0.310 e. The first-order valence-electron chi connectivity index (χ1n) is 4.69. The molecule has 0 aliphatic carbocycles. The van der Waals surface area contributed by atoms with Crippen LogP contribution in [0.1, 0.15) is 13.3 Å². The normalized spacial score (nSPS) is 21.0. The van der Waals surface area contributed by atoms with Gasteiger partial charge in [-0.25, -0.2) is 0 Å². The molecule has 80 valence electrons. The minimum atomic E-state index is -0.211. The molecule has 0 aromatic heterocycles. The van der Waals surface area contributed by atoms with E-state index in [1.54, 1.807) is 11.8 Å². The van der Waals surface area contributed by atoms with Gasteiger partial charge in [0, 0.05) is 13.1 Å². The van der Waals surface area contributed by atoms with Gasteiger partial charge in [-0.2, -0.15) is 0 Å². The van der Waals surface area contributed by atoms with Crippen LogP contribution in [0.3, 0.4) is 0 Å². The van der Waals surface area contributed by atoms with Crippen molar-refractivity contribution in [1.29, 1.82) is 0 Å². The van der Waals surface area contributed by atoms with E-state index in [1.165, 1.54) is 0 Å². The molecule has 1 aliphatic heterocycles. The fraction of sp³-hybridized carbons (Fsp3) is 0.778. The van der Waals surface area contributed by atoms with Crippen LogP contribution in [0.2, 0.25) is 0 Å². The Morgan fingerprint density at radius 3 is 2.86 bits per heavy atom. The molecular formula is C9H14ClNO3. The maximum atomic E-state index is 11.3. The summed E-state index contributed by atoms with van der Waals surface area (Å²) < 4.78 is 4.88. The van der Waals surface area contributed by atoms with E-state index in [0.29, 0.717) is 26.1 Å². The van der Waals surface area contributed by atoms with Gasteiger partial charge in [0.15, 0.2) is 0 Å². The second-order valence-corrected chi connectivity index (χ2v) is 3.48. The number of amides is 1. The predicted octanol–water partition coefficient (Wildman–Crippen LogP) is 0.637. The molecule has 0 N–H and O–H groups in total. The third-order valence-corrected chi connectivity index (χ3v) is 2.50. The number of hydrogen-bond donors (Lipinski definition) is 0. The fourth-order valence-corrected chi connectivity index (χ4v) is 1.69. The van der Waals surface area contributed by atoms with Gasteiger partial charge < -0.3 is 9.64 Å². The second-order valence-electron chi connectivity index (χ2n) is 3.21. The number of halogens is 1. The molecule has 0 bridgehead atoms. The highest BCUT2D eigenvalue weighted by Crippen LogP contribution is 2.17. The van der Waals surface area contributed by atoms with Crippen LogP contribution in [0.15, 0.2) is 0 Å². The zero-order chi connectivity index (χ0) is 10.6. The van der Waals surface area contributed by atoms with E-state index in [9.17, 15) is 9.59 Å². The van der Waals surface area contributed by atoms with E-state index < -0.39 is 0 Å². The number of nitrogens with zero attached hydrogens (tertiary/aromatic N) is 1. The Bertz CT molecular complexity index is 232. The van der Waals surface area contributed by atoms with Crippen LogP contribution >= 0.6 is 11.6 Å². The van der Waals surface area contributed by atoms with E-state index in [-0.39, 0.29) is 23.7 Å². The minimum Gasteiger partial charge on any atom is -0.466 e. The summed E-state index contributed by atoms with van der Waals surface area (Å²) in [6.45, 7) is 3.22. The molecule has 1 heterocycles. The van der Waals surface area contributed by atoms with Gasteiger partial charge in [-0.15, -0.1) is 11.6 Å². The summed E-state index contributed by atoms with van der Waals surface area (Å²) >= 11 is 5.41. The summed E-state index contributed by atoms with van der Waals surface area (Å²) in [6, 6.07) is 0. The SMILES string of the molecule is CCOC(=O)C1CCN(C(=O)CCl)C1. The molecule has 1 aliphatic rings. The van der Waals surface area contributed by atoms with E-state index in [0.717, 1.165) is 0 Å². The molecule has 1 atom stereocenters. The van der Waals surface area contributed by atoms with Crippen LogP contribution in [-0.4, -0.2) is 42.4 Å². The van der Waals surface area contributed by atoms with Gasteiger partial charge in [-0.05, 0) is 13.3 Å². The lowest BCUT2D eigenvalue weighted by Gasteiger charge is -2.14. The van der Waals surface area contributed by atoms with Gasteiger partial charge in [-0.3, -0.25) is 9.59 Å². The number of hydrogen-bond acceptors (Lipinski definition) is 3. The van der Waals surface area contributed by atoms with E-state index in [4.69, 9.17) is 16.3 Å². The van der Waals surface area contributed by atoms with Crippen molar-refractivity contribution in [3.8, 4) is 0 Å². The molecule has 1 unspecified atom stereocenters. The Kier molecular flexibility index (Phi) is 4.20. The van der Waals surface area contributed by atoms with Crippen LogP contribution in [0, 0.1) is 5.92 Å². The summed E-state index contributed by atoms with van der Waals surface area (Å²) in [5.41, 5.74) is 0. The number of carbonyl (C=O) groups is 2. The average Bonchev–Trinajstić information content (AvgIpc) is 2.66. The number of rotatable bonds is 3. The second kappa shape index (κ2) is 5.20. The summed E-state index contributed by atoms with van der Waals surface area (Å²) in [4.78, 5) is 24.1. The van der Waals surface area contributed by atoms with Gasteiger partial charge in [0.25, 0.3) is 0 Å². The van der Waals surface area contributed by atoms with Crippen LogP contribution in [0.5, 0.6) is 0 Å². The molecule has 0 saturated carbocycles. The first kappa shape index (κ1) is 11.3. The van der Waals surface area contributed by atoms with E-state index >= 15 is 0 Å². The van der Waals surface area contributed by atoms with Gasteiger partial charge >= 0.3 is 5.97 Å². The van der Waals surface area contributed by atoms with Crippen LogP contribution in [0.4, 0.5) is 0 Å². The third-order valence-electron chi connectivity index (χ3n) is 2.28. The number of esters is 1. The highest BCUT2D eigenvalue weighted by Gasteiger charge is 2.31. The number of carbonyl (C=O) groups excluding carboxylic acids is 2. The summed E-state index contributed by atoms with van der Waals surface area (Å²) in [5.74, 6) is -0.506. The Hall–Kier alpha value is -0.770. The Morgan fingerprint density at radius 2 is 2.29 bits per heavy atom. The van der Waals surface area contributed by atoms with Gasteiger partial charge in [0.05, 0.1) is 12.5 Å². The molecule has 4 nitrogen and oxygen atoms in total. The van der Waals surface area contributed by atoms with Crippen molar-refractivity contribution < 1.29 is 14.3 Å². The zero-order valence-corrected chi connectivity index (χ0v) is 8.92. The molecule has 1 fully saturated rings. The van der Waals surface area contributed by atoms with E-state index in [2.05, 4.69) is 0 Å². The fourth-order valence-electron chi connectivity index (χ4n) is 1.52. The van der Waals surface area contributed by atoms with Gasteiger partial charge in [-0.1, -0.05) is 0 Å². The number of alkyl halides is 1. The Balaban J connectivity index is 2.41. The molecule has 14 heavy (non-hydrogen) atoms. The molecular weight excluding hydrogens is 206 g/mol. The monoisotopic (exact) mass is 219 g/mol. The summed E-state index contributed by atoms with van der Waals surface area (Å²) in [6.07, 6.45) is 0.682. The Morgan fingerprint density at radius 1 is 1.57 bits per heavy atom. The molecule has 0 aromatic rings. The van der Waals surface area contributed by atoms with Crippen molar-refractivity contribution in [3.63, 3.8) is 0 Å². The lowest BCUT2D eigenvalue weighted by atomic mass is 10.1. The molecule has 0 spiro atoms. The molecule has 0 aromatic carbocycles.